The van der Waals surface area contributed by atoms with Gasteiger partial charge in [-0.05, 0) is 31.3 Å². The zero-order chi connectivity index (χ0) is 8.97. The molecule has 0 atom stereocenters. The zero-order valence-corrected chi connectivity index (χ0v) is 8.19. The van der Waals surface area contributed by atoms with Gasteiger partial charge in [-0.2, -0.15) is 0 Å². The van der Waals surface area contributed by atoms with Crippen LogP contribution in [-0.2, 0) is 0 Å². The predicted molar refractivity (Wildman–Crippen MR) is 55.1 cm³/mol. The van der Waals surface area contributed by atoms with Gasteiger partial charge in [0.1, 0.15) is 0 Å². The molecule has 0 bridgehead atoms. The minimum Gasteiger partial charge on any atom is -0.0995 e. The van der Waals surface area contributed by atoms with E-state index in [0.717, 1.165) is 6.42 Å². The first-order valence-corrected chi connectivity index (χ1v) is 4.90. The first kappa shape index (κ1) is 9.31. The van der Waals surface area contributed by atoms with Gasteiger partial charge in [0.25, 0.3) is 0 Å². The van der Waals surface area contributed by atoms with Crippen LogP contribution < -0.4 is 0 Å². The maximum Gasteiger partial charge on any atom is -0.00701 e. The van der Waals surface area contributed by atoms with E-state index in [-0.39, 0.29) is 0 Å². The molecular weight excluding hydrogens is 144 g/mol. The largest absolute Gasteiger partial charge is 0.0995 e. The van der Waals surface area contributed by atoms with Gasteiger partial charge in [-0.25, -0.2) is 0 Å². The Morgan fingerprint density at radius 2 is 2.00 bits per heavy atom. The van der Waals surface area contributed by atoms with Crippen molar-refractivity contribution in [3.8, 4) is 0 Å². The van der Waals surface area contributed by atoms with Gasteiger partial charge in [0.05, 0.1) is 0 Å². The number of allylic oxidation sites excluding steroid dienone is 5. The van der Waals surface area contributed by atoms with Crippen molar-refractivity contribution in [2.75, 3.05) is 0 Å². The molecule has 0 heteroatoms. The van der Waals surface area contributed by atoms with Crippen molar-refractivity contribution in [2.45, 2.75) is 39.5 Å². The highest BCUT2D eigenvalue weighted by molar-refractivity contribution is 5.39. The van der Waals surface area contributed by atoms with Crippen LogP contribution in [0.25, 0.3) is 0 Å². The van der Waals surface area contributed by atoms with Crippen LogP contribution in [0.5, 0.6) is 0 Å². The van der Waals surface area contributed by atoms with Gasteiger partial charge in [-0.15, -0.1) is 0 Å². The summed E-state index contributed by atoms with van der Waals surface area (Å²) in [6, 6.07) is 0. The van der Waals surface area contributed by atoms with Crippen molar-refractivity contribution >= 4 is 0 Å². The van der Waals surface area contributed by atoms with Crippen LogP contribution in [0.1, 0.15) is 39.5 Å². The molecule has 0 heterocycles. The number of rotatable bonds is 0. The lowest BCUT2D eigenvalue weighted by Crippen LogP contribution is -1.96. The molecule has 0 nitrogen and oxygen atoms in total. The zero-order valence-electron chi connectivity index (χ0n) is 8.19. The molecule has 0 N–H and O–H groups in total. The predicted octanol–water partition coefficient (Wildman–Crippen LogP) is 4.01. The fourth-order valence-electron chi connectivity index (χ4n) is 1.72. The van der Waals surface area contributed by atoms with Crippen LogP contribution >= 0.6 is 0 Å². The molecule has 0 saturated carbocycles. The van der Waals surface area contributed by atoms with E-state index in [9.17, 15) is 0 Å². The topological polar surface area (TPSA) is 0 Å². The first-order chi connectivity index (χ1) is 5.86. The van der Waals surface area contributed by atoms with Gasteiger partial charge >= 0.3 is 0 Å². The molecule has 0 fully saturated rings. The second-order valence-electron chi connectivity index (χ2n) is 3.16. The Morgan fingerprint density at radius 3 is 2.75 bits per heavy atom. The summed E-state index contributed by atoms with van der Waals surface area (Å²) in [5.41, 5.74) is 4.62. The average Bonchev–Trinajstić information content (AvgIpc) is 2.54. The normalized spacial score (nSPS) is 20.3. The van der Waals surface area contributed by atoms with Gasteiger partial charge in [0.15, 0.2) is 0 Å². The van der Waals surface area contributed by atoms with Crippen molar-refractivity contribution in [3.63, 3.8) is 0 Å². The summed E-state index contributed by atoms with van der Waals surface area (Å²) < 4.78 is 0. The van der Waals surface area contributed by atoms with Crippen molar-refractivity contribution in [2.24, 2.45) is 0 Å². The lowest BCUT2D eigenvalue weighted by molar-refractivity contribution is 0.823. The Labute approximate surface area is 75.7 Å². The van der Waals surface area contributed by atoms with Crippen LogP contribution in [-0.4, -0.2) is 0 Å². The fourth-order valence-corrected chi connectivity index (χ4v) is 1.72. The van der Waals surface area contributed by atoms with Crippen molar-refractivity contribution in [1.82, 2.24) is 0 Å². The average molecular weight is 162 g/mol. The molecule has 12 heavy (non-hydrogen) atoms. The fraction of sp³-hybridized carbons (Fsp3) is 0.500. The molecular formula is C12H18. The molecule has 0 unspecified atom stereocenters. The quantitative estimate of drug-likeness (QED) is 0.472. The monoisotopic (exact) mass is 162 g/mol. The van der Waals surface area contributed by atoms with Crippen LogP contribution in [0.4, 0.5) is 0 Å². The minimum absolute atomic E-state index is 1.14. The number of hydrogen-bond acceptors (Lipinski definition) is 0. The van der Waals surface area contributed by atoms with Crippen LogP contribution in [0.15, 0.2) is 35.5 Å². The third kappa shape index (κ3) is 1.88. The Bertz CT molecular complexity index is 228. The third-order valence-corrected chi connectivity index (χ3v) is 2.36. The van der Waals surface area contributed by atoms with Crippen LogP contribution in [0, 0.1) is 0 Å². The van der Waals surface area contributed by atoms with Crippen molar-refractivity contribution < 1.29 is 0 Å². The molecule has 2 rings (SSSR count). The second-order valence-corrected chi connectivity index (χ2v) is 3.16. The highest BCUT2D eigenvalue weighted by Crippen LogP contribution is 2.34. The van der Waals surface area contributed by atoms with E-state index in [0.29, 0.717) is 0 Å². The Morgan fingerprint density at radius 1 is 1.25 bits per heavy atom. The molecule has 2 aliphatic carbocycles. The summed E-state index contributed by atoms with van der Waals surface area (Å²) in [4.78, 5) is 0. The standard InChI is InChI=1S/C10H12.C2H6/c1-8-5-6-9-3-2-4-10(9)7-8;1-2/h2,4H,1,3,5-7H2;1-2H3. The van der Waals surface area contributed by atoms with E-state index >= 15 is 0 Å². The molecule has 66 valence electrons. The maximum absolute atomic E-state index is 4.01. The van der Waals surface area contributed by atoms with E-state index in [4.69, 9.17) is 0 Å². The molecule has 2 aliphatic rings. The molecule has 0 aromatic rings. The van der Waals surface area contributed by atoms with E-state index in [1.54, 1.807) is 11.1 Å². The molecule has 0 aromatic carbocycles. The summed E-state index contributed by atoms with van der Waals surface area (Å²) in [6.07, 6.45) is 9.37. The molecule has 0 aromatic heterocycles. The van der Waals surface area contributed by atoms with Crippen molar-refractivity contribution in [1.29, 1.82) is 0 Å². The highest BCUT2D eigenvalue weighted by Gasteiger charge is 2.14. The molecule has 0 amide bonds. The van der Waals surface area contributed by atoms with Crippen molar-refractivity contribution in [3.05, 3.63) is 35.5 Å². The highest BCUT2D eigenvalue weighted by atomic mass is 14.2. The van der Waals surface area contributed by atoms with Gasteiger partial charge in [-0.3, -0.25) is 0 Å². The van der Waals surface area contributed by atoms with E-state index in [1.807, 2.05) is 13.8 Å². The van der Waals surface area contributed by atoms with Gasteiger partial charge in [0.2, 0.25) is 0 Å². The molecule has 0 aliphatic heterocycles. The van der Waals surface area contributed by atoms with Crippen LogP contribution in [0.2, 0.25) is 0 Å². The Kier molecular flexibility index (Phi) is 3.33. The van der Waals surface area contributed by atoms with Gasteiger partial charge in [-0.1, -0.05) is 43.7 Å². The summed E-state index contributed by atoms with van der Waals surface area (Å²) >= 11 is 0. The summed E-state index contributed by atoms with van der Waals surface area (Å²) in [5, 5.41) is 0. The summed E-state index contributed by atoms with van der Waals surface area (Å²) in [6.45, 7) is 8.01. The van der Waals surface area contributed by atoms with E-state index in [1.165, 1.54) is 24.8 Å². The second kappa shape index (κ2) is 4.30. The number of hydrogen-bond donors (Lipinski definition) is 0. The van der Waals surface area contributed by atoms with Gasteiger partial charge < -0.3 is 0 Å². The molecule has 0 spiro atoms. The maximum atomic E-state index is 4.01. The van der Waals surface area contributed by atoms with Crippen LogP contribution in [0.3, 0.4) is 0 Å². The Balaban J connectivity index is 0.000000336. The SMILES string of the molecule is C=C1CCC2=C(C=CC2)C1.CC. The molecule has 0 radical (unpaired) electrons. The van der Waals surface area contributed by atoms with Gasteiger partial charge in [0, 0.05) is 0 Å². The molecule has 0 saturated heterocycles. The smallest absolute Gasteiger partial charge is 0.00701 e. The lowest BCUT2D eigenvalue weighted by Gasteiger charge is -2.15. The minimum atomic E-state index is 1.14. The van der Waals surface area contributed by atoms with E-state index in [2.05, 4.69) is 18.7 Å². The summed E-state index contributed by atoms with van der Waals surface area (Å²) in [7, 11) is 0. The lowest BCUT2D eigenvalue weighted by atomic mass is 9.91. The van der Waals surface area contributed by atoms with E-state index < -0.39 is 0 Å². The Hall–Kier alpha value is -0.780. The third-order valence-electron chi connectivity index (χ3n) is 2.36. The first-order valence-electron chi connectivity index (χ1n) is 4.90. The summed E-state index contributed by atoms with van der Waals surface area (Å²) in [5.74, 6) is 0.